The third-order valence-electron chi connectivity index (χ3n) is 4.91. The highest BCUT2D eigenvalue weighted by molar-refractivity contribution is 5.84. The predicted molar refractivity (Wildman–Crippen MR) is 102 cm³/mol. The molecule has 3 saturated heterocycles. The Labute approximate surface area is 169 Å². The van der Waals surface area contributed by atoms with Crippen molar-refractivity contribution in [2.45, 2.75) is 76.1 Å². The van der Waals surface area contributed by atoms with E-state index in [-0.39, 0.29) is 0 Å². The van der Waals surface area contributed by atoms with E-state index in [0.29, 0.717) is 5.69 Å². The Kier molecular flexibility index (Phi) is 5.05. The van der Waals surface area contributed by atoms with Gasteiger partial charge in [-0.05, 0) is 39.8 Å². The second-order valence-electron chi connectivity index (χ2n) is 8.12. The van der Waals surface area contributed by atoms with Crippen molar-refractivity contribution in [1.29, 1.82) is 0 Å². The molecular formula is C21H25NO7. The summed E-state index contributed by atoms with van der Waals surface area (Å²) in [6.07, 6.45) is 0.923. The standard InChI is InChI=1S/C21H25NO7/c1-6-13(24-19(23)22-12-10-8-7-9-11-12)14-15-16(27-20(2,3)26-15)17-18(25-14)29-21(4,5)28-17/h1,7-11,13-18H,2-5H3,(H,22,23). The molecule has 3 aliphatic rings. The SMILES string of the molecule is C#CC(OC(=O)Nc1ccccc1)C1OC2OC(C)(C)OC2C2OC(C)(C)OC12. The lowest BCUT2D eigenvalue weighted by molar-refractivity contribution is -0.246. The lowest BCUT2D eigenvalue weighted by Crippen LogP contribution is -2.59. The molecule has 0 aromatic heterocycles. The number of carbonyl (C=O) groups is 1. The summed E-state index contributed by atoms with van der Waals surface area (Å²) in [6, 6.07) is 8.93. The first-order valence-electron chi connectivity index (χ1n) is 9.53. The maximum Gasteiger partial charge on any atom is 0.412 e. The second-order valence-corrected chi connectivity index (χ2v) is 8.12. The van der Waals surface area contributed by atoms with E-state index in [4.69, 9.17) is 34.8 Å². The van der Waals surface area contributed by atoms with Gasteiger partial charge >= 0.3 is 6.09 Å². The van der Waals surface area contributed by atoms with Crippen LogP contribution in [0.1, 0.15) is 27.7 Å². The number of hydrogen-bond donors (Lipinski definition) is 1. The van der Waals surface area contributed by atoms with Gasteiger partial charge in [-0.2, -0.15) is 0 Å². The van der Waals surface area contributed by atoms with Crippen molar-refractivity contribution in [3.63, 3.8) is 0 Å². The summed E-state index contributed by atoms with van der Waals surface area (Å²) in [4.78, 5) is 12.4. The van der Waals surface area contributed by atoms with Crippen LogP contribution in [-0.4, -0.2) is 54.5 Å². The Bertz CT molecular complexity index is 803. The number of nitrogens with one attached hydrogen (secondary N) is 1. The monoisotopic (exact) mass is 403 g/mol. The summed E-state index contributed by atoms with van der Waals surface area (Å²) >= 11 is 0. The lowest BCUT2D eigenvalue weighted by Gasteiger charge is -2.38. The zero-order valence-electron chi connectivity index (χ0n) is 16.8. The molecule has 1 N–H and O–H groups in total. The van der Waals surface area contributed by atoms with Gasteiger partial charge < -0.3 is 28.4 Å². The predicted octanol–water partition coefficient (Wildman–Crippen LogP) is 2.63. The number of ether oxygens (including phenoxy) is 6. The normalized spacial score (nSPS) is 35.1. The van der Waals surface area contributed by atoms with E-state index in [2.05, 4.69) is 11.2 Å². The third kappa shape index (κ3) is 4.10. The van der Waals surface area contributed by atoms with E-state index in [0.717, 1.165) is 0 Å². The highest BCUT2D eigenvalue weighted by Crippen LogP contribution is 2.45. The number of anilines is 1. The number of carbonyl (C=O) groups excluding carboxylic acids is 1. The first kappa shape index (κ1) is 20.1. The van der Waals surface area contributed by atoms with Gasteiger partial charge in [0.05, 0.1) is 0 Å². The van der Waals surface area contributed by atoms with Crippen LogP contribution in [0, 0.1) is 12.3 Å². The molecule has 3 aliphatic heterocycles. The molecule has 0 spiro atoms. The smallest absolute Gasteiger partial charge is 0.412 e. The number of fused-ring (bicyclic) bond motifs is 3. The fourth-order valence-electron chi connectivity index (χ4n) is 3.87. The van der Waals surface area contributed by atoms with Gasteiger partial charge in [-0.15, -0.1) is 6.42 Å². The minimum Gasteiger partial charge on any atom is -0.430 e. The van der Waals surface area contributed by atoms with Crippen molar-refractivity contribution in [3.8, 4) is 12.3 Å². The first-order chi connectivity index (χ1) is 13.7. The minimum absolute atomic E-state index is 0.479. The molecular weight excluding hydrogens is 378 g/mol. The van der Waals surface area contributed by atoms with Crippen LogP contribution in [0.4, 0.5) is 10.5 Å². The molecule has 4 rings (SSSR count). The zero-order valence-corrected chi connectivity index (χ0v) is 16.8. The maximum absolute atomic E-state index is 12.4. The summed E-state index contributed by atoms with van der Waals surface area (Å²) < 4.78 is 35.4. The second kappa shape index (κ2) is 7.27. The largest absolute Gasteiger partial charge is 0.430 e. The molecule has 3 heterocycles. The summed E-state index contributed by atoms with van der Waals surface area (Å²) in [5.41, 5.74) is 0.589. The van der Waals surface area contributed by atoms with E-state index in [9.17, 15) is 4.79 Å². The molecule has 8 nitrogen and oxygen atoms in total. The highest BCUT2D eigenvalue weighted by Gasteiger charge is 2.62. The van der Waals surface area contributed by atoms with Gasteiger partial charge in [0.1, 0.15) is 24.4 Å². The molecule has 1 aromatic rings. The molecule has 1 amide bonds. The topological polar surface area (TPSA) is 84.5 Å². The lowest BCUT2D eigenvalue weighted by atomic mass is 9.95. The van der Waals surface area contributed by atoms with E-state index >= 15 is 0 Å². The molecule has 3 fully saturated rings. The summed E-state index contributed by atoms with van der Waals surface area (Å²) in [5, 5.41) is 2.64. The number of rotatable bonds is 3. The zero-order chi connectivity index (χ0) is 20.8. The van der Waals surface area contributed by atoms with Crippen molar-refractivity contribution in [3.05, 3.63) is 30.3 Å². The molecule has 0 aliphatic carbocycles. The average Bonchev–Trinajstić information content (AvgIpc) is 3.14. The van der Waals surface area contributed by atoms with Gasteiger partial charge in [0.2, 0.25) is 0 Å². The molecule has 0 bridgehead atoms. The van der Waals surface area contributed by atoms with Crippen LogP contribution >= 0.6 is 0 Å². The van der Waals surface area contributed by atoms with Crippen molar-refractivity contribution in [2.24, 2.45) is 0 Å². The number of hydrogen-bond acceptors (Lipinski definition) is 7. The van der Waals surface area contributed by atoms with E-state index in [1.165, 1.54) is 0 Å². The minimum atomic E-state index is -1.02. The van der Waals surface area contributed by atoms with Crippen LogP contribution in [-0.2, 0) is 28.4 Å². The Hall–Kier alpha value is -2.15. The summed E-state index contributed by atoms with van der Waals surface area (Å²) in [5.74, 6) is 0.776. The molecule has 8 heteroatoms. The van der Waals surface area contributed by atoms with Crippen LogP contribution in [0.25, 0.3) is 0 Å². The average molecular weight is 403 g/mol. The van der Waals surface area contributed by atoms with Crippen LogP contribution < -0.4 is 5.32 Å². The Balaban J connectivity index is 1.52. The Morgan fingerprint density at radius 3 is 2.34 bits per heavy atom. The number of amides is 1. The van der Waals surface area contributed by atoms with Gasteiger partial charge in [-0.3, -0.25) is 5.32 Å². The van der Waals surface area contributed by atoms with Crippen LogP contribution in [0.2, 0.25) is 0 Å². The molecule has 0 radical (unpaired) electrons. The third-order valence-corrected chi connectivity index (χ3v) is 4.91. The maximum atomic E-state index is 12.4. The molecule has 1 aromatic carbocycles. The van der Waals surface area contributed by atoms with Gasteiger partial charge in [0, 0.05) is 5.69 Å². The fourth-order valence-corrected chi connectivity index (χ4v) is 3.87. The van der Waals surface area contributed by atoms with Crippen LogP contribution in [0.15, 0.2) is 30.3 Å². The first-order valence-corrected chi connectivity index (χ1v) is 9.53. The van der Waals surface area contributed by atoms with Crippen molar-refractivity contribution in [2.75, 3.05) is 5.32 Å². The summed E-state index contributed by atoms with van der Waals surface area (Å²) in [6.45, 7) is 7.18. The molecule has 0 saturated carbocycles. The fraction of sp³-hybridized carbons (Fsp3) is 0.571. The Morgan fingerprint density at radius 2 is 1.66 bits per heavy atom. The van der Waals surface area contributed by atoms with Gasteiger partial charge in [-0.1, -0.05) is 24.1 Å². The van der Waals surface area contributed by atoms with Crippen molar-refractivity contribution < 1.29 is 33.2 Å². The number of benzene rings is 1. The number of terminal acetylenes is 1. The molecule has 6 atom stereocenters. The number of para-hydroxylation sites is 1. The highest BCUT2D eigenvalue weighted by atomic mass is 16.9. The molecule has 29 heavy (non-hydrogen) atoms. The van der Waals surface area contributed by atoms with E-state index < -0.39 is 54.5 Å². The quantitative estimate of drug-likeness (QED) is 0.777. The molecule has 156 valence electrons. The van der Waals surface area contributed by atoms with Crippen molar-refractivity contribution >= 4 is 11.8 Å². The Morgan fingerprint density at radius 1 is 1.03 bits per heavy atom. The summed E-state index contributed by atoms with van der Waals surface area (Å²) in [7, 11) is 0. The van der Waals surface area contributed by atoms with Gasteiger partial charge in [0.15, 0.2) is 24.0 Å². The van der Waals surface area contributed by atoms with Crippen molar-refractivity contribution in [1.82, 2.24) is 0 Å². The van der Waals surface area contributed by atoms with E-state index in [1.54, 1.807) is 52.0 Å². The van der Waals surface area contributed by atoms with Gasteiger partial charge in [-0.25, -0.2) is 4.79 Å². The van der Waals surface area contributed by atoms with Crippen LogP contribution in [0.3, 0.4) is 0 Å². The van der Waals surface area contributed by atoms with Crippen LogP contribution in [0.5, 0.6) is 0 Å². The van der Waals surface area contributed by atoms with Gasteiger partial charge in [0.25, 0.3) is 0 Å². The van der Waals surface area contributed by atoms with E-state index in [1.807, 2.05) is 6.07 Å². The molecule has 6 unspecified atom stereocenters.